The summed E-state index contributed by atoms with van der Waals surface area (Å²) in [5.41, 5.74) is 6.42. The monoisotopic (exact) mass is 262 g/mol. The highest BCUT2D eigenvalue weighted by molar-refractivity contribution is 6.31. The molecule has 0 aliphatic rings. The molecule has 1 heterocycles. The first-order valence-electron chi connectivity index (χ1n) is 5.30. The molecule has 2 rings (SSSR count). The minimum atomic E-state index is -0.526. The zero-order valence-corrected chi connectivity index (χ0v) is 10.2. The third-order valence-corrected chi connectivity index (χ3v) is 2.67. The summed E-state index contributed by atoms with van der Waals surface area (Å²) in [6.45, 7) is 0.106. The van der Waals surface area contributed by atoms with E-state index in [4.69, 9.17) is 22.1 Å². The van der Waals surface area contributed by atoms with E-state index in [0.717, 1.165) is 5.56 Å². The SMILES string of the molecule is Nc1cccc(C(=O)OCc2ccccc2Cl)n1. The maximum Gasteiger partial charge on any atom is 0.357 e. The lowest BCUT2D eigenvalue weighted by Crippen LogP contribution is -2.08. The lowest BCUT2D eigenvalue weighted by atomic mass is 10.2. The molecule has 0 aliphatic carbocycles. The third-order valence-electron chi connectivity index (χ3n) is 2.30. The van der Waals surface area contributed by atoms with Crippen LogP contribution in [0.4, 0.5) is 5.82 Å². The van der Waals surface area contributed by atoms with Crippen molar-refractivity contribution in [3.05, 3.63) is 58.7 Å². The summed E-state index contributed by atoms with van der Waals surface area (Å²) in [4.78, 5) is 15.6. The normalized spacial score (nSPS) is 10.1. The standard InChI is InChI=1S/C13H11ClN2O2/c14-10-5-2-1-4-9(10)8-18-13(17)11-6-3-7-12(15)16-11/h1-7H,8H2,(H2,15,16). The second-order valence-electron chi connectivity index (χ2n) is 3.62. The van der Waals surface area contributed by atoms with Gasteiger partial charge in [-0.2, -0.15) is 0 Å². The predicted octanol–water partition coefficient (Wildman–Crippen LogP) is 2.67. The first-order chi connectivity index (χ1) is 8.66. The number of rotatable bonds is 3. The number of nitrogens with two attached hydrogens (primary N) is 1. The van der Waals surface area contributed by atoms with Crippen LogP contribution in [0.3, 0.4) is 0 Å². The van der Waals surface area contributed by atoms with Gasteiger partial charge in [0.15, 0.2) is 5.69 Å². The summed E-state index contributed by atoms with van der Waals surface area (Å²) in [5, 5.41) is 0.561. The fourth-order valence-corrected chi connectivity index (χ4v) is 1.59. The summed E-state index contributed by atoms with van der Waals surface area (Å²) >= 11 is 5.95. The van der Waals surface area contributed by atoms with Gasteiger partial charge in [0.2, 0.25) is 0 Å². The smallest absolute Gasteiger partial charge is 0.357 e. The number of anilines is 1. The molecule has 5 heteroatoms. The molecule has 0 atom stereocenters. The van der Waals surface area contributed by atoms with E-state index in [1.54, 1.807) is 30.3 Å². The molecular weight excluding hydrogens is 252 g/mol. The summed E-state index contributed by atoms with van der Waals surface area (Å²) < 4.78 is 5.11. The third kappa shape index (κ3) is 2.99. The van der Waals surface area contributed by atoms with E-state index in [2.05, 4.69) is 4.98 Å². The van der Waals surface area contributed by atoms with Gasteiger partial charge in [-0.1, -0.05) is 35.9 Å². The van der Waals surface area contributed by atoms with Crippen molar-refractivity contribution in [3.63, 3.8) is 0 Å². The number of pyridine rings is 1. The van der Waals surface area contributed by atoms with Crippen LogP contribution >= 0.6 is 11.6 Å². The second kappa shape index (κ2) is 5.51. The quantitative estimate of drug-likeness (QED) is 0.864. The Morgan fingerprint density at radius 1 is 1.22 bits per heavy atom. The molecule has 1 aromatic carbocycles. The Hall–Kier alpha value is -2.07. The number of esters is 1. The highest BCUT2D eigenvalue weighted by atomic mass is 35.5. The minimum absolute atomic E-state index is 0.106. The molecule has 1 aromatic heterocycles. The van der Waals surface area contributed by atoms with Crippen LogP contribution in [0.5, 0.6) is 0 Å². The van der Waals surface area contributed by atoms with Crippen LogP contribution in [0, 0.1) is 0 Å². The molecule has 0 spiro atoms. The Kier molecular flexibility index (Phi) is 3.79. The van der Waals surface area contributed by atoms with Crippen molar-refractivity contribution >= 4 is 23.4 Å². The molecule has 2 aromatic rings. The van der Waals surface area contributed by atoms with E-state index in [1.807, 2.05) is 12.1 Å². The van der Waals surface area contributed by atoms with Crippen molar-refractivity contribution in [1.82, 2.24) is 4.98 Å². The van der Waals surface area contributed by atoms with Crippen LogP contribution in [0.1, 0.15) is 16.1 Å². The van der Waals surface area contributed by atoms with Crippen molar-refractivity contribution in [2.75, 3.05) is 5.73 Å². The fourth-order valence-electron chi connectivity index (χ4n) is 1.40. The van der Waals surface area contributed by atoms with Gasteiger partial charge in [-0.05, 0) is 18.2 Å². The molecule has 2 N–H and O–H groups in total. The molecule has 0 unspecified atom stereocenters. The highest BCUT2D eigenvalue weighted by Gasteiger charge is 2.10. The molecule has 18 heavy (non-hydrogen) atoms. The number of benzene rings is 1. The summed E-state index contributed by atoms with van der Waals surface area (Å²) in [6, 6.07) is 12.0. The van der Waals surface area contributed by atoms with Crippen molar-refractivity contribution in [1.29, 1.82) is 0 Å². The van der Waals surface area contributed by atoms with Gasteiger partial charge in [0, 0.05) is 10.6 Å². The number of nitrogens with zero attached hydrogens (tertiary/aromatic N) is 1. The molecular formula is C13H11ClN2O2. The number of hydrogen-bond acceptors (Lipinski definition) is 4. The van der Waals surface area contributed by atoms with E-state index < -0.39 is 5.97 Å². The Labute approximate surface area is 109 Å². The highest BCUT2D eigenvalue weighted by Crippen LogP contribution is 2.16. The van der Waals surface area contributed by atoms with Gasteiger partial charge < -0.3 is 10.5 Å². The molecule has 0 radical (unpaired) electrons. The molecule has 0 aliphatic heterocycles. The lowest BCUT2D eigenvalue weighted by Gasteiger charge is -2.06. The topological polar surface area (TPSA) is 65.2 Å². The fraction of sp³-hybridized carbons (Fsp3) is 0.0769. The van der Waals surface area contributed by atoms with Gasteiger partial charge in [-0.15, -0.1) is 0 Å². The van der Waals surface area contributed by atoms with Crippen LogP contribution in [-0.2, 0) is 11.3 Å². The molecule has 0 amide bonds. The zero-order chi connectivity index (χ0) is 13.0. The average Bonchev–Trinajstić information content (AvgIpc) is 2.37. The van der Waals surface area contributed by atoms with E-state index in [1.165, 1.54) is 0 Å². The minimum Gasteiger partial charge on any atom is -0.456 e. The first kappa shape index (κ1) is 12.4. The number of aromatic nitrogens is 1. The van der Waals surface area contributed by atoms with Gasteiger partial charge in [0.1, 0.15) is 12.4 Å². The van der Waals surface area contributed by atoms with Crippen molar-refractivity contribution in [2.24, 2.45) is 0 Å². The second-order valence-corrected chi connectivity index (χ2v) is 4.02. The van der Waals surface area contributed by atoms with Gasteiger partial charge in [0.25, 0.3) is 0 Å². The van der Waals surface area contributed by atoms with E-state index in [9.17, 15) is 4.79 Å². The molecule has 0 bridgehead atoms. The van der Waals surface area contributed by atoms with Gasteiger partial charge in [0.05, 0.1) is 0 Å². The summed E-state index contributed by atoms with van der Waals surface area (Å²) in [6.07, 6.45) is 0. The van der Waals surface area contributed by atoms with Crippen LogP contribution in [0.2, 0.25) is 5.02 Å². The molecule has 4 nitrogen and oxygen atoms in total. The number of carbonyl (C=O) groups excluding carboxylic acids is 1. The number of halogens is 1. The lowest BCUT2D eigenvalue weighted by molar-refractivity contribution is 0.0466. The largest absolute Gasteiger partial charge is 0.456 e. The Morgan fingerprint density at radius 3 is 2.72 bits per heavy atom. The number of nitrogen functional groups attached to an aromatic ring is 1. The van der Waals surface area contributed by atoms with Gasteiger partial charge >= 0.3 is 5.97 Å². The number of hydrogen-bond donors (Lipinski definition) is 1. The predicted molar refractivity (Wildman–Crippen MR) is 69.2 cm³/mol. The van der Waals surface area contributed by atoms with Gasteiger partial charge in [-0.3, -0.25) is 0 Å². The number of carbonyl (C=O) groups is 1. The van der Waals surface area contributed by atoms with Crippen molar-refractivity contribution in [2.45, 2.75) is 6.61 Å². The number of ether oxygens (including phenoxy) is 1. The molecule has 0 saturated carbocycles. The maximum atomic E-state index is 11.7. The van der Waals surface area contributed by atoms with Crippen LogP contribution in [0.25, 0.3) is 0 Å². The van der Waals surface area contributed by atoms with Gasteiger partial charge in [-0.25, -0.2) is 9.78 Å². The van der Waals surface area contributed by atoms with Crippen molar-refractivity contribution in [3.8, 4) is 0 Å². The Bertz CT molecular complexity index is 572. The van der Waals surface area contributed by atoms with Crippen LogP contribution in [0.15, 0.2) is 42.5 Å². The average molecular weight is 263 g/mol. The Balaban J connectivity index is 2.03. The Morgan fingerprint density at radius 2 is 2.00 bits per heavy atom. The molecule has 92 valence electrons. The van der Waals surface area contributed by atoms with E-state index in [-0.39, 0.29) is 18.1 Å². The van der Waals surface area contributed by atoms with E-state index in [0.29, 0.717) is 5.02 Å². The molecule has 0 saturated heterocycles. The van der Waals surface area contributed by atoms with E-state index >= 15 is 0 Å². The zero-order valence-electron chi connectivity index (χ0n) is 9.47. The van der Waals surface area contributed by atoms with Crippen LogP contribution in [-0.4, -0.2) is 11.0 Å². The summed E-state index contributed by atoms with van der Waals surface area (Å²) in [7, 11) is 0. The van der Waals surface area contributed by atoms with Crippen molar-refractivity contribution < 1.29 is 9.53 Å². The molecule has 0 fully saturated rings. The van der Waals surface area contributed by atoms with Crippen LogP contribution < -0.4 is 5.73 Å². The maximum absolute atomic E-state index is 11.7. The summed E-state index contributed by atoms with van der Waals surface area (Å²) in [5.74, 6) is -0.246. The first-order valence-corrected chi connectivity index (χ1v) is 5.67.